The number of hydrogen-bond acceptors (Lipinski definition) is 4. The fourth-order valence-electron chi connectivity index (χ4n) is 3.57. The molecule has 1 saturated carbocycles. The number of carbonyl (C=O) groups excluding carboxylic acids is 1. The number of nitrogens with zero attached hydrogens (tertiary/aromatic N) is 4. The third kappa shape index (κ3) is 5.48. The number of carbonyl (C=O) groups is 1. The second-order valence-corrected chi connectivity index (χ2v) is 8.48. The molecule has 3 rings (SSSR count). The Hall–Kier alpha value is -1.53. The maximum Gasteiger partial charge on any atom is 0.227 e. The van der Waals surface area contributed by atoms with Crippen LogP contribution in [0.25, 0.3) is 5.69 Å². The van der Waals surface area contributed by atoms with Crippen LogP contribution in [0.15, 0.2) is 30.7 Å². The molecule has 146 valence electrons. The van der Waals surface area contributed by atoms with Gasteiger partial charge in [-0.05, 0) is 37.1 Å². The van der Waals surface area contributed by atoms with Crippen molar-refractivity contribution in [3.05, 3.63) is 35.9 Å². The van der Waals surface area contributed by atoms with Gasteiger partial charge in [-0.2, -0.15) is 16.9 Å². The number of thioether (sulfide) groups is 1. The molecule has 0 aromatic carbocycles. The lowest BCUT2D eigenvalue weighted by molar-refractivity contribution is -0.118. The maximum atomic E-state index is 12.7. The molecule has 7 heteroatoms. The lowest BCUT2D eigenvalue weighted by atomic mass is 10.1. The Morgan fingerprint density at radius 1 is 1.37 bits per heavy atom. The molecular formula is C20H27ClN4OS. The van der Waals surface area contributed by atoms with E-state index in [9.17, 15) is 4.79 Å². The molecule has 0 radical (unpaired) electrons. The highest BCUT2D eigenvalue weighted by Gasteiger charge is 2.20. The van der Waals surface area contributed by atoms with Gasteiger partial charge in [0.2, 0.25) is 5.91 Å². The minimum atomic E-state index is 0.0958. The van der Waals surface area contributed by atoms with Crippen LogP contribution in [0.5, 0.6) is 0 Å². The number of rotatable bonds is 9. The summed E-state index contributed by atoms with van der Waals surface area (Å²) in [7, 11) is 0. The predicted octanol–water partition coefficient (Wildman–Crippen LogP) is 4.98. The summed E-state index contributed by atoms with van der Waals surface area (Å²) in [5, 5.41) is 4.67. The van der Waals surface area contributed by atoms with Gasteiger partial charge in [-0.15, -0.1) is 0 Å². The van der Waals surface area contributed by atoms with Crippen molar-refractivity contribution >= 4 is 35.0 Å². The Morgan fingerprint density at radius 3 is 2.89 bits per heavy atom. The number of hydrogen-bond donors (Lipinski definition) is 0. The molecule has 2 heterocycles. The topological polar surface area (TPSA) is 51.0 Å². The van der Waals surface area contributed by atoms with Crippen LogP contribution in [0, 0.1) is 5.92 Å². The molecule has 1 amide bonds. The molecule has 1 fully saturated rings. The van der Waals surface area contributed by atoms with Crippen LogP contribution in [0.4, 0.5) is 5.69 Å². The van der Waals surface area contributed by atoms with Crippen molar-refractivity contribution in [2.75, 3.05) is 23.0 Å². The molecule has 0 saturated heterocycles. The van der Waals surface area contributed by atoms with Crippen molar-refractivity contribution in [2.45, 2.75) is 45.4 Å². The standard InChI is InChI=1S/C20H27ClN4OS/c1-2-24(19(26)10-13-27-12-9-16-6-3-4-7-16)18-15-25(23-20(18)21)17-8-5-11-22-14-17/h5,8,11,14-16H,2-4,6-7,9-10,12-13H2,1H3. The molecule has 0 spiro atoms. The zero-order valence-electron chi connectivity index (χ0n) is 15.8. The van der Waals surface area contributed by atoms with Crippen LogP contribution in [0.1, 0.15) is 45.4 Å². The van der Waals surface area contributed by atoms with Gasteiger partial charge < -0.3 is 4.90 Å². The van der Waals surface area contributed by atoms with Gasteiger partial charge >= 0.3 is 0 Å². The molecule has 2 aromatic rings. The smallest absolute Gasteiger partial charge is 0.227 e. The lowest BCUT2D eigenvalue weighted by Crippen LogP contribution is -2.30. The van der Waals surface area contributed by atoms with E-state index in [0.717, 1.165) is 23.1 Å². The average molecular weight is 407 g/mol. The number of halogens is 1. The van der Waals surface area contributed by atoms with Crippen LogP contribution in [-0.4, -0.2) is 38.7 Å². The first-order chi connectivity index (χ1) is 13.2. The van der Waals surface area contributed by atoms with Crippen LogP contribution in [0.3, 0.4) is 0 Å². The predicted molar refractivity (Wildman–Crippen MR) is 113 cm³/mol. The fraction of sp³-hybridized carbons (Fsp3) is 0.550. The third-order valence-electron chi connectivity index (χ3n) is 5.08. The summed E-state index contributed by atoms with van der Waals surface area (Å²) >= 11 is 8.21. The van der Waals surface area contributed by atoms with Gasteiger partial charge in [-0.3, -0.25) is 9.78 Å². The highest BCUT2D eigenvalue weighted by atomic mass is 35.5. The average Bonchev–Trinajstić information content (AvgIpc) is 3.33. The van der Waals surface area contributed by atoms with Gasteiger partial charge in [-0.25, -0.2) is 4.68 Å². The molecule has 5 nitrogen and oxygen atoms in total. The molecule has 0 bridgehead atoms. The minimum absolute atomic E-state index is 0.0958. The second kappa shape index (κ2) is 10.1. The molecular weight excluding hydrogens is 380 g/mol. The van der Waals surface area contributed by atoms with Gasteiger partial charge in [0.25, 0.3) is 0 Å². The highest BCUT2D eigenvalue weighted by Crippen LogP contribution is 2.29. The van der Waals surface area contributed by atoms with Crippen molar-refractivity contribution in [1.29, 1.82) is 0 Å². The van der Waals surface area contributed by atoms with Crippen LogP contribution >= 0.6 is 23.4 Å². The van der Waals surface area contributed by atoms with Crippen LogP contribution in [-0.2, 0) is 4.79 Å². The van der Waals surface area contributed by atoms with E-state index in [2.05, 4.69) is 10.1 Å². The molecule has 0 unspecified atom stereocenters. The molecule has 27 heavy (non-hydrogen) atoms. The first-order valence-electron chi connectivity index (χ1n) is 9.72. The van der Waals surface area contributed by atoms with Crippen molar-refractivity contribution in [1.82, 2.24) is 14.8 Å². The number of pyridine rings is 1. The number of aromatic nitrogens is 3. The van der Waals surface area contributed by atoms with Crippen molar-refractivity contribution in [3.8, 4) is 5.69 Å². The normalized spacial score (nSPS) is 14.6. The Labute approximate surface area is 170 Å². The minimum Gasteiger partial charge on any atom is -0.308 e. The lowest BCUT2D eigenvalue weighted by Gasteiger charge is -2.19. The second-order valence-electron chi connectivity index (χ2n) is 6.90. The molecule has 2 aromatic heterocycles. The molecule has 0 atom stereocenters. The molecule has 1 aliphatic carbocycles. The largest absolute Gasteiger partial charge is 0.308 e. The molecule has 0 aliphatic heterocycles. The summed E-state index contributed by atoms with van der Waals surface area (Å²) in [4.78, 5) is 18.5. The summed E-state index contributed by atoms with van der Waals surface area (Å²) in [6.45, 7) is 2.53. The van der Waals surface area contributed by atoms with Gasteiger partial charge in [-0.1, -0.05) is 37.3 Å². The van der Waals surface area contributed by atoms with E-state index in [0.29, 0.717) is 23.8 Å². The first-order valence-corrected chi connectivity index (χ1v) is 11.3. The van der Waals surface area contributed by atoms with E-state index in [1.807, 2.05) is 30.8 Å². The third-order valence-corrected chi connectivity index (χ3v) is 6.36. The van der Waals surface area contributed by atoms with Crippen molar-refractivity contribution in [2.24, 2.45) is 5.92 Å². The highest BCUT2D eigenvalue weighted by molar-refractivity contribution is 7.99. The zero-order valence-corrected chi connectivity index (χ0v) is 17.4. The number of amides is 1. The Balaban J connectivity index is 1.53. The number of anilines is 1. The fourth-order valence-corrected chi connectivity index (χ4v) is 4.83. The Bertz CT molecular complexity index is 731. The first kappa shape index (κ1) is 20.2. The van der Waals surface area contributed by atoms with Crippen molar-refractivity contribution < 1.29 is 4.79 Å². The van der Waals surface area contributed by atoms with Gasteiger partial charge in [0.1, 0.15) is 5.69 Å². The molecule has 1 aliphatic rings. The maximum absolute atomic E-state index is 12.7. The summed E-state index contributed by atoms with van der Waals surface area (Å²) in [6.07, 6.45) is 12.6. The van der Waals surface area contributed by atoms with Crippen LogP contribution in [0.2, 0.25) is 5.15 Å². The quantitative estimate of drug-likeness (QED) is 0.551. The van der Waals surface area contributed by atoms with Gasteiger partial charge in [0.15, 0.2) is 5.15 Å². The SMILES string of the molecule is CCN(C(=O)CCSCCC1CCCC1)c1cn(-c2cccnc2)nc1Cl. The van der Waals surface area contributed by atoms with Crippen LogP contribution < -0.4 is 4.90 Å². The Morgan fingerprint density at radius 2 is 2.19 bits per heavy atom. The molecule has 0 N–H and O–H groups in total. The van der Waals surface area contributed by atoms with E-state index in [1.54, 1.807) is 28.2 Å². The van der Waals surface area contributed by atoms with E-state index < -0.39 is 0 Å². The van der Waals surface area contributed by atoms with E-state index >= 15 is 0 Å². The Kier molecular flexibility index (Phi) is 7.59. The van der Waals surface area contributed by atoms with Crippen molar-refractivity contribution in [3.63, 3.8) is 0 Å². The van der Waals surface area contributed by atoms with Gasteiger partial charge in [0, 0.05) is 24.9 Å². The zero-order chi connectivity index (χ0) is 19.1. The van der Waals surface area contributed by atoms with E-state index in [4.69, 9.17) is 11.6 Å². The summed E-state index contributed by atoms with van der Waals surface area (Å²) in [6, 6.07) is 3.75. The van der Waals surface area contributed by atoms with E-state index in [-0.39, 0.29) is 5.91 Å². The summed E-state index contributed by atoms with van der Waals surface area (Å²) < 4.78 is 1.66. The summed E-state index contributed by atoms with van der Waals surface area (Å²) in [5.41, 5.74) is 1.47. The van der Waals surface area contributed by atoms with Gasteiger partial charge in [0.05, 0.1) is 18.1 Å². The summed E-state index contributed by atoms with van der Waals surface area (Å²) in [5.74, 6) is 3.02. The van der Waals surface area contributed by atoms with E-state index in [1.165, 1.54) is 32.1 Å². The monoisotopic (exact) mass is 406 g/mol.